The van der Waals surface area contributed by atoms with Crippen molar-refractivity contribution in [3.63, 3.8) is 0 Å². The molecule has 0 radical (unpaired) electrons. The molecular formula is C23H18N6O4. The fourth-order valence-corrected chi connectivity index (χ4v) is 4.09. The van der Waals surface area contributed by atoms with Crippen LogP contribution in [0.25, 0.3) is 11.5 Å². The van der Waals surface area contributed by atoms with Crippen molar-refractivity contribution in [3.05, 3.63) is 64.7 Å². The van der Waals surface area contributed by atoms with Gasteiger partial charge in [0.25, 0.3) is 5.91 Å². The van der Waals surface area contributed by atoms with Gasteiger partial charge in [-0.1, -0.05) is 23.3 Å². The molecule has 1 saturated heterocycles. The van der Waals surface area contributed by atoms with Crippen molar-refractivity contribution < 1.29 is 18.8 Å². The molecule has 0 bridgehead atoms. The number of piperidine rings is 1. The molecule has 0 saturated carbocycles. The summed E-state index contributed by atoms with van der Waals surface area (Å²) in [6.07, 6.45) is 0.438. The number of nitrogens with zero attached hydrogens (tertiary/aromatic N) is 4. The Morgan fingerprint density at radius 2 is 2.00 bits per heavy atom. The second-order valence-corrected chi connectivity index (χ2v) is 7.81. The number of aromatic nitrogens is 2. The molecule has 1 atom stereocenters. The van der Waals surface area contributed by atoms with E-state index in [0.717, 1.165) is 5.56 Å². The molecule has 2 N–H and O–H groups in total. The van der Waals surface area contributed by atoms with Crippen molar-refractivity contribution in [2.75, 3.05) is 5.32 Å². The van der Waals surface area contributed by atoms with E-state index in [4.69, 9.17) is 4.42 Å². The summed E-state index contributed by atoms with van der Waals surface area (Å²) in [5, 5.41) is 22.9. The monoisotopic (exact) mass is 442 g/mol. The van der Waals surface area contributed by atoms with Crippen LogP contribution in [0.15, 0.2) is 46.9 Å². The van der Waals surface area contributed by atoms with Crippen LogP contribution in [0.1, 0.15) is 39.9 Å². The summed E-state index contributed by atoms with van der Waals surface area (Å²) in [5.74, 6) is -0.789. The normalized spacial score (nSPS) is 17.5. The zero-order valence-electron chi connectivity index (χ0n) is 17.4. The Hall–Kier alpha value is -4.52. The number of amides is 3. The lowest BCUT2D eigenvalue weighted by Gasteiger charge is -2.29. The Kier molecular flexibility index (Phi) is 5.06. The highest BCUT2D eigenvalue weighted by atomic mass is 16.4. The maximum Gasteiger partial charge on any atom is 0.316 e. The van der Waals surface area contributed by atoms with Crippen molar-refractivity contribution >= 4 is 23.7 Å². The minimum absolute atomic E-state index is 0.154. The number of anilines is 1. The molecule has 164 valence electrons. The van der Waals surface area contributed by atoms with Crippen molar-refractivity contribution in [2.45, 2.75) is 32.0 Å². The van der Waals surface area contributed by atoms with Gasteiger partial charge in [-0.05, 0) is 36.2 Å². The molecule has 3 amide bonds. The second kappa shape index (κ2) is 8.20. The van der Waals surface area contributed by atoms with Gasteiger partial charge in [0.15, 0.2) is 0 Å². The van der Waals surface area contributed by atoms with Crippen LogP contribution in [-0.2, 0) is 22.7 Å². The van der Waals surface area contributed by atoms with Gasteiger partial charge < -0.3 is 14.6 Å². The summed E-state index contributed by atoms with van der Waals surface area (Å²) in [6.45, 7) is 0.408. The third kappa shape index (κ3) is 3.80. The van der Waals surface area contributed by atoms with E-state index in [9.17, 15) is 19.6 Å². The minimum atomic E-state index is -0.731. The third-order valence-corrected chi connectivity index (χ3v) is 5.73. The number of fused-ring (bicyclic) bond motifs is 1. The molecule has 2 aromatic carbocycles. The lowest BCUT2D eigenvalue weighted by molar-refractivity contribution is -0.136. The SMILES string of the molecule is N#Cc1cc(CNc2nnc(-c3ccccc3)o2)cc2c1CN(C1CCC(=O)NC1=O)C2=O. The Balaban J connectivity index is 1.34. The molecule has 33 heavy (non-hydrogen) atoms. The van der Waals surface area contributed by atoms with Crippen LogP contribution in [-0.4, -0.2) is 38.9 Å². The van der Waals surface area contributed by atoms with Crippen molar-refractivity contribution in [1.29, 1.82) is 5.26 Å². The van der Waals surface area contributed by atoms with Crippen LogP contribution in [0.5, 0.6) is 0 Å². The van der Waals surface area contributed by atoms with Crippen LogP contribution >= 0.6 is 0 Å². The van der Waals surface area contributed by atoms with Crippen molar-refractivity contribution in [1.82, 2.24) is 20.4 Å². The third-order valence-electron chi connectivity index (χ3n) is 5.73. The molecule has 3 heterocycles. The number of hydrogen-bond donors (Lipinski definition) is 2. The summed E-state index contributed by atoms with van der Waals surface area (Å²) in [4.78, 5) is 38.2. The van der Waals surface area contributed by atoms with Gasteiger partial charge in [0.1, 0.15) is 6.04 Å². The molecule has 10 heteroatoms. The van der Waals surface area contributed by atoms with E-state index in [1.165, 1.54) is 4.90 Å². The first-order valence-corrected chi connectivity index (χ1v) is 10.4. The fourth-order valence-electron chi connectivity index (χ4n) is 4.09. The number of nitrogens with one attached hydrogen (secondary N) is 2. The van der Waals surface area contributed by atoms with E-state index >= 15 is 0 Å². The van der Waals surface area contributed by atoms with Crippen LogP contribution < -0.4 is 10.6 Å². The van der Waals surface area contributed by atoms with Crippen LogP contribution in [0.3, 0.4) is 0 Å². The number of imide groups is 1. The van der Waals surface area contributed by atoms with Crippen LogP contribution in [0, 0.1) is 11.3 Å². The maximum absolute atomic E-state index is 13.1. The Bertz CT molecular complexity index is 1310. The largest absolute Gasteiger partial charge is 0.403 e. The van der Waals surface area contributed by atoms with Gasteiger partial charge in [-0.15, -0.1) is 5.10 Å². The number of rotatable bonds is 5. The molecule has 10 nitrogen and oxygen atoms in total. The average Bonchev–Trinajstić information content (AvgIpc) is 3.43. The molecule has 1 fully saturated rings. The molecule has 2 aliphatic rings. The van der Waals surface area contributed by atoms with Gasteiger partial charge in [0.2, 0.25) is 17.7 Å². The van der Waals surface area contributed by atoms with E-state index < -0.39 is 11.9 Å². The summed E-state index contributed by atoms with van der Waals surface area (Å²) in [5.41, 5.74) is 2.80. The van der Waals surface area contributed by atoms with Gasteiger partial charge in [0.05, 0.1) is 11.6 Å². The number of carbonyl (C=O) groups is 3. The maximum atomic E-state index is 13.1. The zero-order chi connectivity index (χ0) is 22.9. The summed E-state index contributed by atoms with van der Waals surface area (Å²) < 4.78 is 5.63. The first kappa shape index (κ1) is 20.4. The molecule has 3 aromatic rings. The van der Waals surface area contributed by atoms with Crippen LogP contribution in [0.4, 0.5) is 6.01 Å². The summed E-state index contributed by atoms with van der Waals surface area (Å²) in [7, 11) is 0. The highest BCUT2D eigenvalue weighted by molar-refractivity contribution is 6.05. The Morgan fingerprint density at radius 1 is 1.18 bits per heavy atom. The average molecular weight is 442 g/mol. The molecule has 0 spiro atoms. The Labute approximate surface area is 188 Å². The van der Waals surface area contributed by atoms with Crippen molar-refractivity contribution in [2.24, 2.45) is 0 Å². The van der Waals surface area contributed by atoms with E-state index in [-0.39, 0.29) is 43.8 Å². The predicted octanol–water partition coefficient (Wildman–Crippen LogP) is 1.98. The standard InChI is InChI=1S/C23H18N6O4/c24-10-15-8-13(11-25-23-28-27-21(33-23)14-4-2-1-3-5-14)9-16-17(15)12-29(22(16)32)18-6-7-19(30)26-20(18)31/h1-5,8-9,18H,6-7,11-12H2,(H,25,28)(H,26,30,31). The summed E-state index contributed by atoms with van der Waals surface area (Å²) >= 11 is 0. The smallest absolute Gasteiger partial charge is 0.316 e. The highest BCUT2D eigenvalue weighted by Crippen LogP contribution is 2.31. The number of nitriles is 1. The first-order chi connectivity index (χ1) is 16.0. The topological polar surface area (TPSA) is 141 Å². The fraction of sp³-hybridized carbons (Fsp3) is 0.217. The quantitative estimate of drug-likeness (QED) is 0.572. The minimum Gasteiger partial charge on any atom is -0.403 e. The zero-order valence-corrected chi connectivity index (χ0v) is 17.4. The molecule has 1 aromatic heterocycles. The molecular weight excluding hydrogens is 424 g/mol. The number of carbonyl (C=O) groups excluding carboxylic acids is 3. The second-order valence-electron chi connectivity index (χ2n) is 7.81. The van der Waals surface area contributed by atoms with Crippen molar-refractivity contribution in [3.8, 4) is 17.5 Å². The molecule has 1 unspecified atom stereocenters. The molecule has 0 aliphatic carbocycles. The number of benzene rings is 2. The molecule has 2 aliphatic heterocycles. The van der Waals surface area contributed by atoms with E-state index in [2.05, 4.69) is 26.9 Å². The lowest BCUT2D eigenvalue weighted by Crippen LogP contribution is -2.52. The first-order valence-electron chi connectivity index (χ1n) is 10.4. The van der Waals surface area contributed by atoms with Gasteiger partial charge in [-0.3, -0.25) is 19.7 Å². The van der Waals surface area contributed by atoms with E-state index in [1.54, 1.807) is 12.1 Å². The van der Waals surface area contributed by atoms with Crippen LogP contribution in [0.2, 0.25) is 0 Å². The van der Waals surface area contributed by atoms with Gasteiger partial charge in [0, 0.05) is 36.2 Å². The highest BCUT2D eigenvalue weighted by Gasteiger charge is 2.40. The Morgan fingerprint density at radius 3 is 2.76 bits per heavy atom. The van der Waals surface area contributed by atoms with Gasteiger partial charge in [-0.2, -0.15) is 5.26 Å². The predicted molar refractivity (Wildman–Crippen MR) is 114 cm³/mol. The molecule has 5 rings (SSSR count). The van der Waals surface area contributed by atoms with Gasteiger partial charge in [-0.25, -0.2) is 0 Å². The lowest BCUT2D eigenvalue weighted by atomic mass is 10.00. The van der Waals surface area contributed by atoms with E-state index in [0.29, 0.717) is 28.1 Å². The number of hydrogen-bond acceptors (Lipinski definition) is 8. The van der Waals surface area contributed by atoms with E-state index in [1.807, 2.05) is 30.3 Å². The summed E-state index contributed by atoms with van der Waals surface area (Å²) in [6, 6.07) is 14.4. The van der Waals surface area contributed by atoms with Gasteiger partial charge >= 0.3 is 6.01 Å².